The van der Waals surface area contributed by atoms with Crippen molar-refractivity contribution in [2.24, 2.45) is 0 Å². The van der Waals surface area contributed by atoms with Gasteiger partial charge in [0.15, 0.2) is 0 Å². The molecule has 2 amide bonds. The summed E-state index contributed by atoms with van der Waals surface area (Å²) in [4.78, 5) is 12.1. The van der Waals surface area contributed by atoms with Crippen molar-refractivity contribution in [1.29, 1.82) is 0 Å². The quantitative estimate of drug-likeness (QED) is 0.801. The number of halogens is 1. The van der Waals surface area contributed by atoms with Crippen molar-refractivity contribution in [2.75, 3.05) is 10.6 Å². The van der Waals surface area contributed by atoms with Crippen LogP contribution in [0, 0.1) is 12.7 Å². The topological polar surface area (TPSA) is 59.6 Å². The molecular weight excluding hydrogens is 346 g/mol. The molecule has 5 nitrogen and oxygen atoms in total. The van der Waals surface area contributed by atoms with Gasteiger partial charge < -0.3 is 19.9 Å². The highest BCUT2D eigenvalue weighted by Crippen LogP contribution is 2.36. The summed E-state index contributed by atoms with van der Waals surface area (Å²) in [6.07, 6.45) is 0. The van der Waals surface area contributed by atoms with Crippen LogP contribution in [0.25, 0.3) is 0 Å². The van der Waals surface area contributed by atoms with E-state index in [1.54, 1.807) is 24.3 Å². The number of anilines is 2. The Morgan fingerprint density at radius 3 is 2.00 bits per heavy atom. The molecule has 0 radical (unpaired) electrons. The van der Waals surface area contributed by atoms with E-state index in [0.29, 0.717) is 16.8 Å². The second-order valence-corrected chi connectivity index (χ2v) is 7.77. The predicted octanol–water partition coefficient (Wildman–Crippen LogP) is 4.08. The van der Waals surface area contributed by atoms with Gasteiger partial charge in [-0.25, -0.2) is 9.18 Å². The number of carbonyl (C=O) groups is 1. The maximum atomic E-state index is 14.6. The van der Waals surface area contributed by atoms with Crippen LogP contribution in [0.1, 0.15) is 33.3 Å². The minimum atomic E-state index is -0.787. The van der Waals surface area contributed by atoms with E-state index in [2.05, 4.69) is 10.6 Å². The predicted molar refractivity (Wildman–Crippen MR) is 106 cm³/mol. The minimum Gasteiger partial charge on any atom is -0.399 e. The zero-order valence-electron chi connectivity index (χ0n) is 16.2. The van der Waals surface area contributed by atoms with Crippen LogP contribution in [0.3, 0.4) is 0 Å². The van der Waals surface area contributed by atoms with Crippen molar-refractivity contribution in [3.05, 3.63) is 53.8 Å². The van der Waals surface area contributed by atoms with Crippen LogP contribution in [0.5, 0.6) is 0 Å². The standard InChI is InChI=1S/C20H24BFN2O3/c1-13-6-8-14(9-7-13)23-18(25)24-15-10-11-16(17(22)12-15)21-26-19(2,3)20(4,5)27-21/h6-12H,1-5H3,(H2,23,24,25). The molecule has 1 fully saturated rings. The third kappa shape index (κ3) is 4.15. The van der Waals surface area contributed by atoms with Crippen LogP contribution in [0.2, 0.25) is 0 Å². The summed E-state index contributed by atoms with van der Waals surface area (Å²) in [6.45, 7) is 9.62. The number of aryl methyl sites for hydroxylation is 1. The second-order valence-electron chi connectivity index (χ2n) is 7.77. The van der Waals surface area contributed by atoms with Crippen LogP contribution in [-0.2, 0) is 9.31 Å². The van der Waals surface area contributed by atoms with Crippen LogP contribution >= 0.6 is 0 Å². The van der Waals surface area contributed by atoms with Crippen LogP contribution < -0.4 is 16.1 Å². The van der Waals surface area contributed by atoms with E-state index in [1.807, 2.05) is 46.8 Å². The summed E-state index contributed by atoms with van der Waals surface area (Å²) >= 11 is 0. The van der Waals surface area contributed by atoms with Gasteiger partial charge in [-0.1, -0.05) is 23.8 Å². The van der Waals surface area contributed by atoms with Crippen molar-refractivity contribution >= 4 is 30.0 Å². The molecule has 0 atom stereocenters. The summed E-state index contributed by atoms with van der Waals surface area (Å²) in [6, 6.07) is 11.4. The average Bonchev–Trinajstić information content (AvgIpc) is 2.77. The van der Waals surface area contributed by atoms with E-state index >= 15 is 0 Å². The first-order chi connectivity index (χ1) is 12.6. The number of nitrogens with one attached hydrogen (secondary N) is 2. The van der Waals surface area contributed by atoms with E-state index in [-0.39, 0.29) is 0 Å². The van der Waals surface area contributed by atoms with E-state index < -0.39 is 30.2 Å². The first-order valence-electron chi connectivity index (χ1n) is 8.87. The molecule has 2 aromatic rings. The van der Waals surface area contributed by atoms with Crippen molar-refractivity contribution in [3.63, 3.8) is 0 Å². The van der Waals surface area contributed by atoms with Gasteiger partial charge in [-0.3, -0.25) is 0 Å². The monoisotopic (exact) mass is 370 g/mol. The zero-order chi connectivity index (χ0) is 19.8. The number of carbonyl (C=O) groups excluding carboxylic acids is 1. The summed E-state index contributed by atoms with van der Waals surface area (Å²) in [7, 11) is -0.787. The van der Waals surface area contributed by atoms with Crippen molar-refractivity contribution in [2.45, 2.75) is 45.8 Å². The molecule has 142 valence electrons. The Bertz CT molecular complexity index is 837. The molecule has 7 heteroatoms. The molecule has 3 rings (SSSR count). The van der Waals surface area contributed by atoms with Gasteiger partial charge in [0, 0.05) is 16.8 Å². The summed E-state index contributed by atoms with van der Waals surface area (Å²) < 4.78 is 26.4. The number of benzene rings is 2. The van der Waals surface area contributed by atoms with Crippen LogP contribution in [0.15, 0.2) is 42.5 Å². The molecule has 1 saturated heterocycles. The number of hydrogen-bond donors (Lipinski definition) is 2. The first-order valence-corrected chi connectivity index (χ1v) is 8.87. The molecule has 0 unspecified atom stereocenters. The zero-order valence-corrected chi connectivity index (χ0v) is 16.2. The Morgan fingerprint density at radius 2 is 1.44 bits per heavy atom. The normalized spacial score (nSPS) is 17.6. The molecule has 1 aliphatic heterocycles. The number of hydrogen-bond acceptors (Lipinski definition) is 3. The Balaban J connectivity index is 1.68. The summed E-state index contributed by atoms with van der Waals surface area (Å²) in [5.74, 6) is -0.498. The van der Waals surface area contributed by atoms with Gasteiger partial charge in [0.05, 0.1) is 11.2 Å². The summed E-state index contributed by atoms with van der Waals surface area (Å²) in [5.41, 5.74) is 1.31. The molecule has 2 aromatic carbocycles. The third-order valence-corrected chi connectivity index (χ3v) is 5.07. The molecule has 0 saturated carbocycles. The lowest BCUT2D eigenvalue weighted by Gasteiger charge is -2.32. The van der Waals surface area contributed by atoms with Gasteiger partial charge in [0.1, 0.15) is 5.82 Å². The van der Waals surface area contributed by atoms with E-state index in [4.69, 9.17) is 9.31 Å². The van der Waals surface area contributed by atoms with Crippen molar-refractivity contribution < 1.29 is 18.5 Å². The Kier molecular flexibility index (Phi) is 5.01. The van der Waals surface area contributed by atoms with Crippen molar-refractivity contribution in [3.8, 4) is 0 Å². The lowest BCUT2D eigenvalue weighted by Crippen LogP contribution is -2.41. The fraction of sp³-hybridized carbons (Fsp3) is 0.350. The Labute approximate surface area is 159 Å². The molecule has 1 aliphatic rings. The lowest BCUT2D eigenvalue weighted by molar-refractivity contribution is 0.00578. The van der Waals surface area contributed by atoms with E-state index in [1.165, 1.54) is 6.07 Å². The number of urea groups is 1. The molecule has 0 aromatic heterocycles. The third-order valence-electron chi connectivity index (χ3n) is 5.07. The van der Waals surface area contributed by atoms with Crippen molar-refractivity contribution in [1.82, 2.24) is 0 Å². The van der Waals surface area contributed by atoms with E-state index in [0.717, 1.165) is 5.56 Å². The van der Waals surface area contributed by atoms with Gasteiger partial charge in [0.25, 0.3) is 0 Å². The van der Waals surface area contributed by atoms with E-state index in [9.17, 15) is 9.18 Å². The van der Waals surface area contributed by atoms with Gasteiger partial charge in [-0.05, 0) is 58.9 Å². The van der Waals surface area contributed by atoms with Crippen LogP contribution in [-0.4, -0.2) is 24.4 Å². The second kappa shape index (κ2) is 6.98. The maximum Gasteiger partial charge on any atom is 0.497 e. The SMILES string of the molecule is Cc1ccc(NC(=O)Nc2ccc(B3OC(C)(C)C(C)(C)O3)c(F)c2)cc1. The summed E-state index contributed by atoms with van der Waals surface area (Å²) in [5, 5.41) is 5.33. The Hall–Kier alpha value is -2.38. The highest BCUT2D eigenvalue weighted by Gasteiger charge is 2.52. The van der Waals surface area contributed by atoms with Gasteiger partial charge >= 0.3 is 13.1 Å². The highest BCUT2D eigenvalue weighted by molar-refractivity contribution is 6.62. The fourth-order valence-corrected chi connectivity index (χ4v) is 2.70. The molecule has 27 heavy (non-hydrogen) atoms. The maximum absolute atomic E-state index is 14.6. The van der Waals surface area contributed by atoms with Gasteiger partial charge in [0.2, 0.25) is 0 Å². The number of rotatable bonds is 3. The Morgan fingerprint density at radius 1 is 0.926 bits per heavy atom. The fourth-order valence-electron chi connectivity index (χ4n) is 2.70. The van der Waals surface area contributed by atoms with Gasteiger partial charge in [-0.15, -0.1) is 0 Å². The first kappa shape index (κ1) is 19.4. The molecule has 0 spiro atoms. The lowest BCUT2D eigenvalue weighted by atomic mass is 9.78. The molecule has 0 aliphatic carbocycles. The molecule has 0 bridgehead atoms. The molecule has 1 heterocycles. The molecular formula is C20H24BFN2O3. The van der Waals surface area contributed by atoms with Gasteiger partial charge in [-0.2, -0.15) is 0 Å². The molecule has 2 N–H and O–H groups in total. The smallest absolute Gasteiger partial charge is 0.399 e. The van der Waals surface area contributed by atoms with Crippen LogP contribution in [0.4, 0.5) is 20.6 Å². The highest BCUT2D eigenvalue weighted by atomic mass is 19.1. The minimum absolute atomic E-state index is 0.304. The largest absolute Gasteiger partial charge is 0.497 e. The average molecular weight is 370 g/mol. The number of amides is 2.